The fourth-order valence-corrected chi connectivity index (χ4v) is 3.95. The predicted molar refractivity (Wildman–Crippen MR) is 117 cm³/mol. The molecule has 0 unspecified atom stereocenters. The van der Waals surface area contributed by atoms with E-state index in [0.29, 0.717) is 26.2 Å². The summed E-state index contributed by atoms with van der Waals surface area (Å²) in [6, 6.07) is 8.72. The average Bonchev–Trinajstić information content (AvgIpc) is 2.70. The molecule has 7 heteroatoms. The van der Waals surface area contributed by atoms with Crippen LogP contribution in [-0.2, 0) is 11.3 Å². The van der Waals surface area contributed by atoms with E-state index in [4.69, 9.17) is 4.74 Å². The number of nitrogens with zero attached hydrogens (tertiary/aromatic N) is 3. The lowest BCUT2D eigenvalue weighted by atomic mass is 10.0. The quantitative estimate of drug-likeness (QED) is 0.822. The Morgan fingerprint density at radius 3 is 2.20 bits per heavy atom. The highest BCUT2D eigenvalue weighted by atomic mass is 16.6. The first-order valence-corrected chi connectivity index (χ1v) is 11.0. The third-order valence-corrected chi connectivity index (χ3v) is 5.79. The molecule has 0 saturated carbocycles. The summed E-state index contributed by atoms with van der Waals surface area (Å²) in [5.74, 6) is 0. The van der Waals surface area contributed by atoms with Gasteiger partial charge in [0.05, 0.1) is 0 Å². The van der Waals surface area contributed by atoms with Crippen molar-refractivity contribution in [2.75, 3.05) is 39.3 Å². The molecule has 2 aliphatic rings. The van der Waals surface area contributed by atoms with Crippen LogP contribution in [-0.4, -0.2) is 77.7 Å². The van der Waals surface area contributed by atoms with Gasteiger partial charge in [-0.3, -0.25) is 4.90 Å². The number of hydrogen-bond donors (Lipinski definition) is 1. The highest BCUT2D eigenvalue weighted by molar-refractivity contribution is 5.75. The van der Waals surface area contributed by atoms with Gasteiger partial charge in [0, 0.05) is 51.9 Å². The SMILES string of the molecule is Cc1ccccc1CN1CCC(NC(=O)N2CCN(C(=O)OC(C)(C)C)CC2)CC1. The average molecular weight is 417 g/mol. The number of aryl methyl sites for hydroxylation is 1. The molecule has 0 spiro atoms. The minimum absolute atomic E-state index is 0.0174. The number of hydrogen-bond acceptors (Lipinski definition) is 4. The molecule has 0 bridgehead atoms. The molecule has 1 aromatic carbocycles. The minimum atomic E-state index is -0.500. The van der Waals surface area contributed by atoms with Crippen LogP contribution < -0.4 is 5.32 Å². The molecule has 3 rings (SSSR count). The Balaban J connectivity index is 1.38. The molecule has 0 radical (unpaired) electrons. The molecule has 1 N–H and O–H groups in total. The summed E-state index contributed by atoms with van der Waals surface area (Å²) >= 11 is 0. The minimum Gasteiger partial charge on any atom is -0.444 e. The summed E-state index contributed by atoms with van der Waals surface area (Å²) in [7, 11) is 0. The molecule has 30 heavy (non-hydrogen) atoms. The van der Waals surface area contributed by atoms with Gasteiger partial charge in [-0.1, -0.05) is 24.3 Å². The molecule has 2 fully saturated rings. The van der Waals surface area contributed by atoms with Crippen LogP contribution in [0.25, 0.3) is 0 Å². The fraction of sp³-hybridized carbons (Fsp3) is 0.652. The molecule has 2 heterocycles. The van der Waals surface area contributed by atoms with Gasteiger partial charge in [-0.2, -0.15) is 0 Å². The van der Waals surface area contributed by atoms with Crippen LogP contribution in [0.2, 0.25) is 0 Å². The lowest BCUT2D eigenvalue weighted by Gasteiger charge is -2.37. The van der Waals surface area contributed by atoms with E-state index in [9.17, 15) is 9.59 Å². The first kappa shape index (κ1) is 22.4. The van der Waals surface area contributed by atoms with E-state index in [1.165, 1.54) is 11.1 Å². The zero-order valence-electron chi connectivity index (χ0n) is 18.8. The number of urea groups is 1. The maximum atomic E-state index is 12.7. The van der Waals surface area contributed by atoms with Crippen molar-refractivity contribution >= 4 is 12.1 Å². The Kier molecular flexibility index (Phi) is 7.23. The van der Waals surface area contributed by atoms with E-state index in [1.807, 2.05) is 20.8 Å². The molecule has 2 aliphatic heterocycles. The van der Waals surface area contributed by atoms with Crippen LogP contribution in [0.1, 0.15) is 44.7 Å². The monoisotopic (exact) mass is 416 g/mol. The zero-order valence-corrected chi connectivity index (χ0v) is 18.8. The molecule has 0 aliphatic carbocycles. The summed E-state index contributed by atoms with van der Waals surface area (Å²) in [6.07, 6.45) is 1.63. The van der Waals surface area contributed by atoms with Crippen molar-refractivity contribution in [3.8, 4) is 0 Å². The lowest BCUT2D eigenvalue weighted by Crippen LogP contribution is -2.56. The smallest absolute Gasteiger partial charge is 0.410 e. The van der Waals surface area contributed by atoms with Crippen molar-refractivity contribution in [2.24, 2.45) is 0 Å². The number of piperidine rings is 1. The molecule has 3 amide bonds. The van der Waals surface area contributed by atoms with Crippen molar-refractivity contribution in [1.82, 2.24) is 20.0 Å². The van der Waals surface area contributed by atoms with Gasteiger partial charge in [0.25, 0.3) is 0 Å². The Bertz CT molecular complexity index is 730. The van der Waals surface area contributed by atoms with Gasteiger partial charge in [0.1, 0.15) is 5.60 Å². The Hall–Kier alpha value is -2.28. The van der Waals surface area contributed by atoms with E-state index in [0.717, 1.165) is 32.5 Å². The van der Waals surface area contributed by atoms with E-state index in [-0.39, 0.29) is 18.2 Å². The van der Waals surface area contributed by atoms with E-state index < -0.39 is 5.60 Å². The van der Waals surface area contributed by atoms with Crippen molar-refractivity contribution < 1.29 is 14.3 Å². The number of benzene rings is 1. The zero-order chi connectivity index (χ0) is 21.7. The van der Waals surface area contributed by atoms with Crippen molar-refractivity contribution in [3.63, 3.8) is 0 Å². The van der Waals surface area contributed by atoms with Gasteiger partial charge >= 0.3 is 12.1 Å². The largest absolute Gasteiger partial charge is 0.444 e. The molecule has 1 aromatic rings. The van der Waals surface area contributed by atoms with Gasteiger partial charge in [-0.15, -0.1) is 0 Å². The summed E-state index contributed by atoms with van der Waals surface area (Å²) in [6.45, 7) is 12.8. The topological polar surface area (TPSA) is 65.1 Å². The molecule has 166 valence electrons. The Morgan fingerprint density at radius 2 is 1.60 bits per heavy atom. The molecular weight excluding hydrogens is 380 g/mol. The number of amides is 3. The number of likely N-dealkylation sites (tertiary alicyclic amines) is 1. The second kappa shape index (κ2) is 9.69. The van der Waals surface area contributed by atoms with E-state index >= 15 is 0 Å². The third kappa shape index (κ3) is 6.36. The van der Waals surface area contributed by atoms with Crippen LogP contribution in [0, 0.1) is 6.92 Å². The number of carbonyl (C=O) groups is 2. The van der Waals surface area contributed by atoms with Gasteiger partial charge in [0.15, 0.2) is 0 Å². The molecule has 2 saturated heterocycles. The van der Waals surface area contributed by atoms with Crippen molar-refractivity contribution in [3.05, 3.63) is 35.4 Å². The third-order valence-electron chi connectivity index (χ3n) is 5.79. The van der Waals surface area contributed by atoms with Crippen LogP contribution >= 0.6 is 0 Å². The standard InChI is InChI=1S/C23H36N4O3/c1-18-7-5-6-8-19(18)17-25-11-9-20(10-12-25)24-21(28)26-13-15-27(16-14-26)22(29)30-23(2,3)4/h5-8,20H,9-17H2,1-4H3,(H,24,28). The predicted octanol–water partition coefficient (Wildman–Crippen LogP) is 3.22. The highest BCUT2D eigenvalue weighted by Crippen LogP contribution is 2.17. The highest BCUT2D eigenvalue weighted by Gasteiger charge is 2.29. The number of nitrogens with one attached hydrogen (secondary N) is 1. The molecular formula is C23H36N4O3. The van der Waals surface area contributed by atoms with Crippen LogP contribution in [0.3, 0.4) is 0 Å². The van der Waals surface area contributed by atoms with Gasteiger partial charge in [-0.05, 0) is 51.7 Å². The maximum Gasteiger partial charge on any atom is 0.410 e. The Labute approximate surface area is 180 Å². The number of piperazine rings is 1. The molecule has 0 aromatic heterocycles. The first-order chi connectivity index (χ1) is 14.2. The van der Waals surface area contributed by atoms with Gasteiger partial charge < -0.3 is 19.9 Å². The number of carbonyl (C=O) groups excluding carboxylic acids is 2. The maximum absolute atomic E-state index is 12.7. The van der Waals surface area contributed by atoms with Crippen molar-refractivity contribution in [2.45, 2.75) is 58.7 Å². The van der Waals surface area contributed by atoms with Crippen LogP contribution in [0.15, 0.2) is 24.3 Å². The first-order valence-electron chi connectivity index (χ1n) is 11.0. The summed E-state index contributed by atoms with van der Waals surface area (Å²) in [5, 5.41) is 3.19. The van der Waals surface area contributed by atoms with Gasteiger partial charge in [0.2, 0.25) is 0 Å². The van der Waals surface area contributed by atoms with E-state index in [1.54, 1.807) is 9.80 Å². The molecule has 0 atom stereocenters. The lowest BCUT2D eigenvalue weighted by molar-refractivity contribution is 0.0168. The van der Waals surface area contributed by atoms with E-state index in [2.05, 4.69) is 41.4 Å². The summed E-state index contributed by atoms with van der Waals surface area (Å²) in [5.41, 5.74) is 2.21. The second-order valence-electron chi connectivity index (χ2n) is 9.38. The Morgan fingerprint density at radius 1 is 1.00 bits per heavy atom. The second-order valence-corrected chi connectivity index (χ2v) is 9.38. The van der Waals surface area contributed by atoms with Crippen LogP contribution in [0.5, 0.6) is 0 Å². The fourth-order valence-electron chi connectivity index (χ4n) is 3.95. The normalized spacial score (nSPS) is 18.9. The number of ether oxygens (including phenoxy) is 1. The number of rotatable bonds is 3. The summed E-state index contributed by atoms with van der Waals surface area (Å²) in [4.78, 5) is 30.8. The van der Waals surface area contributed by atoms with Gasteiger partial charge in [-0.25, -0.2) is 9.59 Å². The summed E-state index contributed by atoms with van der Waals surface area (Å²) < 4.78 is 5.42. The van der Waals surface area contributed by atoms with Crippen molar-refractivity contribution in [1.29, 1.82) is 0 Å². The van der Waals surface area contributed by atoms with Crippen LogP contribution in [0.4, 0.5) is 9.59 Å². The molecule has 7 nitrogen and oxygen atoms in total.